The summed E-state index contributed by atoms with van der Waals surface area (Å²) in [7, 11) is 0. The van der Waals surface area contributed by atoms with Gasteiger partial charge in [-0.1, -0.05) is 206 Å². The van der Waals surface area contributed by atoms with Gasteiger partial charge in [-0.2, -0.15) is 0 Å². The number of esters is 2. The van der Waals surface area contributed by atoms with Crippen molar-refractivity contribution in [2.45, 2.75) is 283 Å². The van der Waals surface area contributed by atoms with Crippen LogP contribution in [0, 0.1) is 107 Å². The summed E-state index contributed by atoms with van der Waals surface area (Å²) in [5.74, 6) is 34.5. The third-order valence-electron chi connectivity index (χ3n) is 13.3. The molecule has 7 N–H and O–H groups in total. The van der Waals surface area contributed by atoms with Crippen LogP contribution in [0.1, 0.15) is 265 Å². The van der Waals surface area contributed by atoms with E-state index in [4.69, 9.17) is 31.8 Å². The van der Waals surface area contributed by atoms with Gasteiger partial charge in [0.05, 0.1) is 13.2 Å². The predicted molar refractivity (Wildman–Crippen MR) is 341 cm³/mol. The van der Waals surface area contributed by atoms with Crippen LogP contribution >= 0.6 is 0 Å². The van der Waals surface area contributed by atoms with Gasteiger partial charge in [-0.05, 0) is 133 Å². The molecule has 0 aliphatic heterocycles. The molecular formula is C71H100N4O11. The molecule has 0 heterocycles. The number of terminal acetylenes is 1. The number of hydrogen-bond acceptors (Lipinski definition) is 11. The average molecular weight is 1190 g/mol. The average Bonchev–Trinajstić information content (AvgIpc) is 3.64. The Morgan fingerprint density at radius 1 is 0.430 bits per heavy atom. The predicted octanol–water partition coefficient (Wildman–Crippen LogP) is 11.1. The van der Waals surface area contributed by atoms with Crippen molar-refractivity contribution in [3.8, 4) is 107 Å². The Labute approximate surface area is 517 Å². The fraction of sp³-hybridized carbons (Fsp3) is 0.648. The van der Waals surface area contributed by atoms with Crippen LogP contribution < -0.4 is 21.9 Å². The Bertz CT molecular complexity index is 2490. The van der Waals surface area contributed by atoms with Gasteiger partial charge in [0.2, 0.25) is 17.6 Å². The number of carboxylic acid groups (broad SMARTS) is 2. The maximum absolute atomic E-state index is 12.6. The second kappa shape index (κ2) is 63.5. The van der Waals surface area contributed by atoms with Gasteiger partial charge in [0.15, 0.2) is 0 Å². The van der Waals surface area contributed by atoms with Crippen molar-refractivity contribution in [2.75, 3.05) is 13.2 Å². The molecule has 0 aromatic rings. The number of amides is 2. The zero-order valence-corrected chi connectivity index (χ0v) is 52.2. The van der Waals surface area contributed by atoms with Crippen molar-refractivity contribution in [2.24, 2.45) is 5.73 Å². The van der Waals surface area contributed by atoms with E-state index in [9.17, 15) is 33.6 Å². The molecule has 0 radical (unpaired) electrons. The number of carboxylic acids is 2. The number of carbonyl (C=O) groups is 7. The Morgan fingerprint density at radius 3 is 1.10 bits per heavy atom. The Morgan fingerprint density at radius 2 is 0.756 bits per heavy atom. The molecule has 2 amide bonds. The summed E-state index contributed by atoms with van der Waals surface area (Å²) < 4.78 is 10.7. The zero-order valence-electron chi connectivity index (χ0n) is 52.2. The van der Waals surface area contributed by atoms with Crippen LogP contribution in [0.2, 0.25) is 0 Å². The van der Waals surface area contributed by atoms with E-state index in [1.54, 1.807) is 0 Å². The molecule has 0 fully saturated rings. The summed E-state index contributed by atoms with van der Waals surface area (Å²) in [6, 6.07) is -3.29. The Hall–Kier alpha value is -7.55. The molecule has 0 bridgehead atoms. The van der Waals surface area contributed by atoms with Crippen molar-refractivity contribution in [3.05, 3.63) is 0 Å². The van der Waals surface area contributed by atoms with Crippen molar-refractivity contribution in [1.82, 2.24) is 16.2 Å². The van der Waals surface area contributed by atoms with E-state index in [1.807, 2.05) is 0 Å². The number of carbonyl (C=O) groups excluding carboxylic acids is 5. The van der Waals surface area contributed by atoms with Gasteiger partial charge >= 0.3 is 23.9 Å². The van der Waals surface area contributed by atoms with Gasteiger partial charge in [-0.3, -0.25) is 39.0 Å². The number of nitrogens with two attached hydrogens (primary N) is 1. The summed E-state index contributed by atoms with van der Waals surface area (Å²) in [5, 5.41) is 20.1. The molecular weight excluding hydrogens is 1080 g/mol. The van der Waals surface area contributed by atoms with Crippen LogP contribution in [0.4, 0.5) is 0 Å². The number of aliphatic carboxylic acids is 2. The molecule has 470 valence electrons. The van der Waals surface area contributed by atoms with Gasteiger partial charge in [-0.25, -0.2) is 5.43 Å². The third-order valence-corrected chi connectivity index (χ3v) is 13.3. The molecule has 15 nitrogen and oxygen atoms in total. The molecule has 0 saturated heterocycles. The molecule has 0 aliphatic carbocycles. The standard InChI is InChI=1S/C41H81NO4.C30H19N3O7/c1-3-5-7-9-11-13-15-17-19-21-23-25-27-29-31-33-37-45-40(43)36-35-39(42)41(44)46-38-34-32-30-28-26-24-22-20-18-16-14-12-10-8-6-4-2;1-3-4-5-6-7-8-9-10-11-12-13-14-15-16-17-18-19-27(35)25(20-22-28(36)37)31-30(40)26(21-23-29(38)39)33-32-24(2)34/h39H,3-38,42H2,1-2H3;1,25-26,33H,20-23H2,2H3,(H,31,40)(H,32,34)(H,36,37)(H,38,39)/t;25-,26-/m.0/s1. The van der Waals surface area contributed by atoms with Crippen molar-refractivity contribution >= 4 is 41.5 Å². The number of unbranched alkanes of at least 4 members (excludes halogenated alkanes) is 30. The summed E-state index contributed by atoms with van der Waals surface area (Å²) >= 11 is 0. The number of Topliss-reactive ketones (excluding diaryl/α,β-unsaturated/α-hetero) is 1. The monoisotopic (exact) mass is 1180 g/mol. The van der Waals surface area contributed by atoms with E-state index in [0.29, 0.717) is 13.2 Å². The minimum absolute atomic E-state index is 0.175. The highest BCUT2D eigenvalue weighted by molar-refractivity contribution is 6.02. The quantitative estimate of drug-likeness (QED) is 0.0109. The Kier molecular flexibility index (Phi) is 59.4. The number of ketones is 1. The van der Waals surface area contributed by atoms with Crippen LogP contribution in [0.25, 0.3) is 0 Å². The lowest BCUT2D eigenvalue weighted by atomic mass is 10.0. The zero-order chi connectivity index (χ0) is 63.6. The lowest BCUT2D eigenvalue weighted by Gasteiger charge is -2.21. The molecule has 3 atom stereocenters. The molecule has 15 heteroatoms. The molecule has 1 unspecified atom stereocenters. The van der Waals surface area contributed by atoms with Crippen LogP contribution in [-0.2, 0) is 43.0 Å². The smallest absolute Gasteiger partial charge is 0.322 e. The van der Waals surface area contributed by atoms with Gasteiger partial charge in [0, 0.05) is 26.2 Å². The first-order valence-electron chi connectivity index (χ1n) is 31.6. The molecule has 0 aliphatic rings. The maximum atomic E-state index is 12.6. The fourth-order valence-corrected chi connectivity index (χ4v) is 8.39. The molecule has 0 aromatic carbocycles. The minimum atomic E-state index is -1.33. The largest absolute Gasteiger partial charge is 0.481 e. The van der Waals surface area contributed by atoms with Crippen LogP contribution in [0.3, 0.4) is 0 Å². The Balaban J connectivity index is 0. The highest BCUT2D eigenvalue weighted by Gasteiger charge is 2.26. The van der Waals surface area contributed by atoms with Crippen molar-refractivity contribution < 1.29 is 53.2 Å². The second-order valence-corrected chi connectivity index (χ2v) is 21.0. The van der Waals surface area contributed by atoms with Crippen LogP contribution in [-0.4, -0.2) is 83.0 Å². The maximum Gasteiger partial charge on any atom is 0.322 e. The van der Waals surface area contributed by atoms with Crippen LogP contribution in [0.15, 0.2) is 0 Å². The van der Waals surface area contributed by atoms with E-state index >= 15 is 0 Å². The van der Waals surface area contributed by atoms with Crippen LogP contribution in [0.5, 0.6) is 0 Å². The fourth-order valence-electron chi connectivity index (χ4n) is 8.39. The van der Waals surface area contributed by atoms with E-state index in [0.717, 1.165) is 32.6 Å². The number of nitrogens with one attached hydrogen (secondary N) is 3. The summed E-state index contributed by atoms with van der Waals surface area (Å²) in [6.45, 7) is 6.61. The molecule has 86 heavy (non-hydrogen) atoms. The number of rotatable bonds is 49. The van der Waals surface area contributed by atoms with Crippen molar-refractivity contribution in [1.29, 1.82) is 0 Å². The molecule has 0 aromatic heterocycles. The van der Waals surface area contributed by atoms with E-state index < -0.39 is 66.5 Å². The lowest BCUT2D eigenvalue weighted by Crippen LogP contribution is -2.54. The van der Waals surface area contributed by atoms with Crippen molar-refractivity contribution in [3.63, 3.8) is 0 Å². The SMILES string of the molecule is C#CC#CC#CC#CC#CC#CC#CC#CC#CC(=O)[C@H](CCC(=O)O)NC(=O)[C@H](CCC(=O)O)NNC(C)=O.CCCCCCCCCCCCCCCCCCOC(=O)CCC(N)C(=O)OCCCCCCCCCCCCCCCCCC. The number of ether oxygens (including phenoxy) is 2. The van der Waals surface area contributed by atoms with Gasteiger partial charge in [0.25, 0.3) is 0 Å². The molecule has 0 saturated carbocycles. The first-order valence-corrected chi connectivity index (χ1v) is 31.6. The first kappa shape index (κ1) is 80.5. The topological polar surface area (TPSA) is 241 Å². The first-order chi connectivity index (χ1) is 41.8. The molecule has 0 rings (SSSR count). The highest BCUT2D eigenvalue weighted by Crippen LogP contribution is 2.16. The summed E-state index contributed by atoms with van der Waals surface area (Å²) in [5.41, 5.74) is 10.5. The number of hydrazine groups is 1. The second-order valence-electron chi connectivity index (χ2n) is 21.0. The van der Waals surface area contributed by atoms with Gasteiger partial charge in [0.1, 0.15) is 18.1 Å². The minimum Gasteiger partial charge on any atom is -0.481 e. The van der Waals surface area contributed by atoms with Gasteiger partial charge < -0.3 is 30.7 Å². The highest BCUT2D eigenvalue weighted by atomic mass is 16.5. The van der Waals surface area contributed by atoms with E-state index in [1.165, 1.54) is 180 Å². The van der Waals surface area contributed by atoms with E-state index in [-0.39, 0.29) is 31.7 Å². The summed E-state index contributed by atoms with van der Waals surface area (Å²) in [4.78, 5) is 82.2. The van der Waals surface area contributed by atoms with Gasteiger partial charge in [-0.15, -0.1) is 6.42 Å². The number of hydrogen-bond donors (Lipinski definition) is 6. The normalized spacial score (nSPS) is 10.6. The molecule has 0 spiro atoms. The third kappa shape index (κ3) is 61.0. The van der Waals surface area contributed by atoms with E-state index in [2.05, 4.69) is 131 Å². The lowest BCUT2D eigenvalue weighted by molar-refractivity contribution is -0.147. The summed E-state index contributed by atoms with van der Waals surface area (Å²) in [6.07, 6.45) is 46.3.